The molecule has 6 rings (SSSR count). The third kappa shape index (κ3) is 4.38. The second kappa shape index (κ2) is 9.97. The van der Waals surface area contributed by atoms with Gasteiger partial charge >= 0.3 is 11.7 Å². The Labute approximate surface area is 229 Å². The Morgan fingerprint density at radius 3 is 2.38 bits per heavy atom. The van der Waals surface area contributed by atoms with Crippen LogP contribution < -0.4 is 5.69 Å². The van der Waals surface area contributed by atoms with Crippen molar-refractivity contribution in [3.8, 4) is 16.8 Å². The Balaban J connectivity index is 1.29. The fourth-order valence-electron chi connectivity index (χ4n) is 5.45. The van der Waals surface area contributed by atoms with E-state index in [4.69, 9.17) is 0 Å². The normalized spacial score (nSPS) is 15.6. The van der Waals surface area contributed by atoms with Crippen molar-refractivity contribution in [3.05, 3.63) is 107 Å². The minimum Gasteiger partial charge on any atom is -0.508 e. The number of aliphatic hydroxyl groups excluding tert-OH is 1. The lowest BCUT2D eigenvalue weighted by Gasteiger charge is -2.16. The number of carbonyl (C=O) groups is 1. The average molecular weight is 537 g/mol. The van der Waals surface area contributed by atoms with Crippen molar-refractivity contribution < 1.29 is 15.0 Å². The van der Waals surface area contributed by atoms with Gasteiger partial charge < -0.3 is 14.8 Å². The number of hydrogen-bond donors (Lipinski definition) is 2. The number of carboxylic acids is 1. The van der Waals surface area contributed by atoms with Crippen molar-refractivity contribution in [1.29, 1.82) is 0 Å². The van der Waals surface area contributed by atoms with E-state index in [9.17, 15) is 19.8 Å². The Morgan fingerprint density at radius 1 is 1.02 bits per heavy atom. The molecule has 0 saturated carbocycles. The lowest BCUT2D eigenvalue weighted by molar-refractivity contribution is 0.0686. The van der Waals surface area contributed by atoms with E-state index >= 15 is 0 Å². The molecule has 4 heterocycles. The summed E-state index contributed by atoms with van der Waals surface area (Å²) in [5, 5.41) is 18.9. The molecule has 1 aliphatic heterocycles. The van der Waals surface area contributed by atoms with Gasteiger partial charge in [0.05, 0.1) is 30.0 Å². The van der Waals surface area contributed by atoms with Gasteiger partial charge in [-0.15, -0.1) is 0 Å². The van der Waals surface area contributed by atoms with Crippen LogP contribution in [0.1, 0.15) is 34.3 Å². The molecule has 0 aliphatic carbocycles. The SMILES string of the molecule is C=C(O)c1ccc(-c2ccc(-n3c(=O)n([C@H]4CCN(Cc5ncc(C(=O)O)n5C)C4)c4ncccc43)cc2)cc1. The minimum absolute atomic E-state index is 0.0283. The predicted octanol–water partition coefficient (Wildman–Crippen LogP) is 4.26. The molecule has 3 aromatic heterocycles. The van der Waals surface area contributed by atoms with Gasteiger partial charge in [0, 0.05) is 31.9 Å². The van der Waals surface area contributed by atoms with Crippen molar-refractivity contribution in [1.82, 2.24) is 28.6 Å². The number of nitrogens with zero attached hydrogens (tertiary/aromatic N) is 6. The number of aromatic nitrogens is 5. The molecular formula is C30H28N6O4. The summed E-state index contributed by atoms with van der Waals surface area (Å²) in [4.78, 5) is 36.3. The van der Waals surface area contributed by atoms with E-state index in [2.05, 4.69) is 21.4 Å². The lowest BCUT2D eigenvalue weighted by atomic mass is 10.0. The fourth-order valence-corrected chi connectivity index (χ4v) is 5.45. The van der Waals surface area contributed by atoms with E-state index in [0.29, 0.717) is 30.1 Å². The van der Waals surface area contributed by atoms with Gasteiger partial charge in [-0.25, -0.2) is 19.6 Å². The van der Waals surface area contributed by atoms with E-state index in [-0.39, 0.29) is 23.2 Å². The molecule has 0 unspecified atom stereocenters. The smallest absolute Gasteiger partial charge is 0.354 e. The number of fused-ring (bicyclic) bond motifs is 1. The number of aliphatic hydroxyl groups is 1. The summed E-state index contributed by atoms with van der Waals surface area (Å²) < 4.78 is 5.08. The van der Waals surface area contributed by atoms with Crippen LogP contribution >= 0.6 is 0 Å². The Hall–Kier alpha value is -4.96. The fraction of sp³-hybridized carbons (Fsp3) is 0.200. The maximum atomic E-state index is 13.9. The number of pyridine rings is 1. The number of benzene rings is 2. The van der Waals surface area contributed by atoms with Crippen LogP contribution in [0.5, 0.6) is 0 Å². The van der Waals surface area contributed by atoms with Gasteiger partial charge in [0.2, 0.25) is 0 Å². The molecule has 202 valence electrons. The summed E-state index contributed by atoms with van der Waals surface area (Å²) in [6.07, 6.45) is 3.84. The number of likely N-dealkylation sites (tertiary alicyclic amines) is 1. The first-order valence-corrected chi connectivity index (χ1v) is 12.9. The molecule has 40 heavy (non-hydrogen) atoms. The summed E-state index contributed by atoms with van der Waals surface area (Å²) in [6, 6.07) is 18.9. The summed E-state index contributed by atoms with van der Waals surface area (Å²) >= 11 is 0. The topological polar surface area (TPSA) is 118 Å². The molecule has 1 fully saturated rings. The molecular weight excluding hydrogens is 508 g/mol. The molecule has 5 aromatic rings. The first-order valence-electron chi connectivity index (χ1n) is 12.9. The molecule has 2 aromatic carbocycles. The van der Waals surface area contributed by atoms with Crippen molar-refractivity contribution in [2.45, 2.75) is 19.0 Å². The van der Waals surface area contributed by atoms with Gasteiger partial charge in [0.25, 0.3) is 0 Å². The van der Waals surface area contributed by atoms with Crippen LogP contribution in [-0.2, 0) is 13.6 Å². The molecule has 0 radical (unpaired) electrons. The van der Waals surface area contributed by atoms with Crippen LogP contribution in [0, 0.1) is 0 Å². The van der Waals surface area contributed by atoms with E-state index in [1.165, 1.54) is 6.20 Å². The van der Waals surface area contributed by atoms with Crippen LogP contribution in [-0.4, -0.2) is 57.8 Å². The van der Waals surface area contributed by atoms with Crippen LogP contribution in [0.4, 0.5) is 0 Å². The van der Waals surface area contributed by atoms with Crippen LogP contribution in [0.2, 0.25) is 0 Å². The van der Waals surface area contributed by atoms with Gasteiger partial charge in [-0.1, -0.05) is 43.0 Å². The molecule has 1 saturated heterocycles. The van der Waals surface area contributed by atoms with Crippen LogP contribution in [0.3, 0.4) is 0 Å². The first-order chi connectivity index (χ1) is 19.3. The van der Waals surface area contributed by atoms with Gasteiger partial charge in [-0.05, 0) is 41.8 Å². The van der Waals surface area contributed by atoms with E-state index in [1.807, 2.05) is 60.7 Å². The number of rotatable bonds is 7. The van der Waals surface area contributed by atoms with Crippen molar-refractivity contribution in [3.63, 3.8) is 0 Å². The van der Waals surface area contributed by atoms with Gasteiger partial charge in [0.15, 0.2) is 5.65 Å². The van der Waals surface area contributed by atoms with Gasteiger partial charge in [-0.3, -0.25) is 14.0 Å². The number of hydrogen-bond acceptors (Lipinski definition) is 6. The zero-order chi connectivity index (χ0) is 28.0. The van der Waals surface area contributed by atoms with Crippen molar-refractivity contribution in [2.75, 3.05) is 13.1 Å². The highest BCUT2D eigenvalue weighted by Gasteiger charge is 2.30. The Kier molecular flexibility index (Phi) is 6.31. The third-order valence-electron chi connectivity index (χ3n) is 7.59. The van der Waals surface area contributed by atoms with Crippen molar-refractivity contribution >= 4 is 22.9 Å². The van der Waals surface area contributed by atoms with Crippen molar-refractivity contribution in [2.24, 2.45) is 7.05 Å². The number of aromatic carboxylic acids is 1. The highest BCUT2D eigenvalue weighted by Crippen LogP contribution is 2.28. The van der Waals surface area contributed by atoms with Crippen LogP contribution in [0.25, 0.3) is 33.7 Å². The van der Waals surface area contributed by atoms with E-state index in [1.54, 1.807) is 26.9 Å². The Bertz CT molecular complexity index is 1800. The molecule has 0 amide bonds. The zero-order valence-corrected chi connectivity index (χ0v) is 21.9. The Morgan fingerprint density at radius 2 is 1.73 bits per heavy atom. The second-order valence-corrected chi connectivity index (χ2v) is 10.0. The van der Waals surface area contributed by atoms with Crippen LogP contribution in [0.15, 0.2) is 84.4 Å². The zero-order valence-electron chi connectivity index (χ0n) is 21.9. The quantitative estimate of drug-likeness (QED) is 0.298. The molecule has 2 N–H and O–H groups in total. The van der Waals surface area contributed by atoms with E-state index < -0.39 is 5.97 Å². The highest BCUT2D eigenvalue weighted by molar-refractivity contribution is 5.85. The largest absolute Gasteiger partial charge is 0.508 e. The third-order valence-corrected chi connectivity index (χ3v) is 7.59. The minimum atomic E-state index is -1.01. The number of imidazole rings is 2. The summed E-state index contributed by atoms with van der Waals surface area (Å²) in [5.74, 6) is -0.313. The summed E-state index contributed by atoms with van der Waals surface area (Å²) in [7, 11) is 1.70. The first kappa shape index (κ1) is 25.3. The molecule has 1 atom stereocenters. The lowest BCUT2D eigenvalue weighted by Crippen LogP contribution is -2.29. The summed E-state index contributed by atoms with van der Waals surface area (Å²) in [6.45, 7) is 5.43. The maximum Gasteiger partial charge on any atom is 0.354 e. The van der Waals surface area contributed by atoms with Gasteiger partial charge in [0.1, 0.15) is 17.3 Å². The number of carboxylic acid groups (broad SMARTS) is 1. The summed E-state index contributed by atoms with van der Waals surface area (Å²) in [5.41, 5.74) is 4.76. The maximum absolute atomic E-state index is 13.9. The molecule has 10 nitrogen and oxygen atoms in total. The average Bonchev–Trinajstić information content (AvgIpc) is 3.64. The molecule has 10 heteroatoms. The second-order valence-electron chi connectivity index (χ2n) is 10.0. The highest BCUT2D eigenvalue weighted by atomic mass is 16.4. The standard InChI is InChI=1S/C30H28N6O4/c1-19(37)20-5-7-21(8-6-20)22-9-11-23(12-10-22)35-25-4-3-14-31-28(25)36(30(35)40)24-13-15-34(17-24)18-27-32-16-26(29(38)39)33(27)2/h3-12,14,16,24,37H,1,13,15,17-18H2,2H3,(H,38,39)/t24-/m0/s1. The monoisotopic (exact) mass is 536 g/mol. The van der Waals surface area contributed by atoms with Gasteiger partial charge in [-0.2, -0.15) is 0 Å². The predicted molar refractivity (Wildman–Crippen MR) is 152 cm³/mol. The molecule has 0 bridgehead atoms. The van der Waals surface area contributed by atoms with E-state index in [0.717, 1.165) is 35.3 Å². The molecule has 1 aliphatic rings. The molecule has 0 spiro atoms.